The summed E-state index contributed by atoms with van der Waals surface area (Å²) in [6, 6.07) is 11.4. The van der Waals surface area contributed by atoms with E-state index in [0.29, 0.717) is 23.9 Å². The largest absolute Gasteiger partial charge is 0.493 e. The minimum Gasteiger partial charge on any atom is -0.493 e. The Bertz CT molecular complexity index is 896. The molecule has 1 aliphatic rings. The monoisotopic (exact) mass is 428 g/mol. The maximum atomic E-state index is 13.0. The maximum absolute atomic E-state index is 13.0. The SMILES string of the molecule is CN=C(NCC(=O)Nc1ccc(F)cc1)NCc1cccc(OC)c1OC1CCCC1. The third-order valence-electron chi connectivity index (χ3n) is 5.08. The van der Waals surface area contributed by atoms with E-state index in [2.05, 4.69) is 20.9 Å². The number of aliphatic imine (C=N–C) groups is 1. The van der Waals surface area contributed by atoms with Gasteiger partial charge in [-0.25, -0.2) is 4.39 Å². The van der Waals surface area contributed by atoms with Gasteiger partial charge in [-0.3, -0.25) is 9.79 Å². The molecule has 1 saturated carbocycles. The highest BCUT2D eigenvalue weighted by molar-refractivity contribution is 5.94. The summed E-state index contributed by atoms with van der Waals surface area (Å²) in [7, 11) is 3.27. The molecule has 1 fully saturated rings. The fourth-order valence-corrected chi connectivity index (χ4v) is 3.47. The number of halogens is 1. The van der Waals surface area contributed by atoms with Crippen LogP contribution in [0.5, 0.6) is 11.5 Å². The maximum Gasteiger partial charge on any atom is 0.243 e. The van der Waals surface area contributed by atoms with Crippen molar-refractivity contribution in [1.29, 1.82) is 0 Å². The first-order valence-corrected chi connectivity index (χ1v) is 10.4. The van der Waals surface area contributed by atoms with Crippen LogP contribution in [-0.2, 0) is 11.3 Å². The minimum atomic E-state index is -0.352. The summed E-state index contributed by atoms with van der Waals surface area (Å²) in [4.78, 5) is 16.3. The molecule has 1 amide bonds. The molecule has 0 bridgehead atoms. The first kappa shape index (κ1) is 22.4. The molecule has 0 unspecified atom stereocenters. The van der Waals surface area contributed by atoms with Gasteiger partial charge in [0.2, 0.25) is 5.91 Å². The lowest BCUT2D eigenvalue weighted by Gasteiger charge is -2.20. The van der Waals surface area contributed by atoms with Crippen LogP contribution in [0.1, 0.15) is 31.2 Å². The number of para-hydroxylation sites is 1. The van der Waals surface area contributed by atoms with Crippen LogP contribution in [-0.4, -0.2) is 38.7 Å². The van der Waals surface area contributed by atoms with E-state index in [-0.39, 0.29) is 24.4 Å². The molecule has 2 aromatic carbocycles. The van der Waals surface area contributed by atoms with E-state index in [1.54, 1.807) is 14.2 Å². The molecule has 0 aromatic heterocycles. The average molecular weight is 429 g/mol. The van der Waals surface area contributed by atoms with Gasteiger partial charge in [0.05, 0.1) is 19.8 Å². The van der Waals surface area contributed by atoms with Gasteiger partial charge in [0.25, 0.3) is 0 Å². The van der Waals surface area contributed by atoms with Crippen LogP contribution < -0.4 is 25.4 Å². The van der Waals surface area contributed by atoms with Gasteiger partial charge in [0.1, 0.15) is 5.82 Å². The fourth-order valence-electron chi connectivity index (χ4n) is 3.47. The predicted molar refractivity (Wildman–Crippen MR) is 119 cm³/mol. The van der Waals surface area contributed by atoms with Gasteiger partial charge in [-0.2, -0.15) is 0 Å². The second kappa shape index (κ2) is 11.2. The number of hydrogen-bond acceptors (Lipinski definition) is 4. The number of rotatable bonds is 8. The van der Waals surface area contributed by atoms with Gasteiger partial charge in [-0.15, -0.1) is 0 Å². The molecule has 166 valence electrons. The number of nitrogens with one attached hydrogen (secondary N) is 3. The number of amides is 1. The van der Waals surface area contributed by atoms with E-state index < -0.39 is 0 Å². The van der Waals surface area contributed by atoms with Crippen molar-refractivity contribution in [2.75, 3.05) is 26.0 Å². The normalized spacial score (nSPS) is 14.2. The van der Waals surface area contributed by atoms with Crippen molar-refractivity contribution in [3.8, 4) is 11.5 Å². The first-order valence-electron chi connectivity index (χ1n) is 10.4. The van der Waals surface area contributed by atoms with E-state index in [4.69, 9.17) is 9.47 Å². The Labute approximate surface area is 182 Å². The Balaban J connectivity index is 1.55. The second-order valence-corrected chi connectivity index (χ2v) is 7.31. The van der Waals surface area contributed by atoms with Gasteiger partial charge in [0.15, 0.2) is 17.5 Å². The number of guanidine groups is 1. The van der Waals surface area contributed by atoms with E-state index in [1.165, 1.54) is 37.1 Å². The van der Waals surface area contributed by atoms with Crippen LogP contribution in [0.25, 0.3) is 0 Å². The molecule has 3 rings (SSSR count). The van der Waals surface area contributed by atoms with Gasteiger partial charge in [-0.05, 0) is 56.0 Å². The van der Waals surface area contributed by atoms with Crippen LogP contribution >= 0.6 is 0 Å². The van der Waals surface area contributed by atoms with Crippen LogP contribution in [0, 0.1) is 5.82 Å². The number of hydrogen-bond donors (Lipinski definition) is 3. The zero-order valence-corrected chi connectivity index (χ0v) is 17.9. The molecule has 0 radical (unpaired) electrons. The van der Waals surface area contributed by atoms with Crippen molar-refractivity contribution in [3.63, 3.8) is 0 Å². The fraction of sp³-hybridized carbons (Fsp3) is 0.391. The molecule has 0 aliphatic heterocycles. The highest BCUT2D eigenvalue weighted by atomic mass is 19.1. The molecule has 3 N–H and O–H groups in total. The number of benzene rings is 2. The topological polar surface area (TPSA) is 84.0 Å². The van der Waals surface area contributed by atoms with E-state index in [9.17, 15) is 9.18 Å². The molecular weight excluding hydrogens is 399 g/mol. The van der Waals surface area contributed by atoms with Crippen molar-refractivity contribution in [3.05, 3.63) is 53.8 Å². The number of ether oxygens (including phenoxy) is 2. The number of anilines is 1. The summed E-state index contributed by atoms with van der Waals surface area (Å²) in [5.74, 6) is 1.31. The highest BCUT2D eigenvalue weighted by Crippen LogP contribution is 2.34. The van der Waals surface area contributed by atoms with Crippen LogP contribution in [0.2, 0.25) is 0 Å². The number of carbonyl (C=O) groups is 1. The van der Waals surface area contributed by atoms with Crippen LogP contribution in [0.4, 0.5) is 10.1 Å². The van der Waals surface area contributed by atoms with Gasteiger partial charge < -0.3 is 25.4 Å². The van der Waals surface area contributed by atoms with Crippen LogP contribution in [0.3, 0.4) is 0 Å². The molecule has 8 heteroatoms. The Morgan fingerprint density at radius 3 is 2.55 bits per heavy atom. The summed E-state index contributed by atoms with van der Waals surface area (Å²) in [6.07, 6.45) is 4.69. The molecule has 1 aliphatic carbocycles. The summed E-state index contributed by atoms with van der Waals surface area (Å²) in [5.41, 5.74) is 1.48. The van der Waals surface area contributed by atoms with Crippen LogP contribution in [0.15, 0.2) is 47.5 Å². The smallest absolute Gasteiger partial charge is 0.243 e. The van der Waals surface area contributed by atoms with Crippen molar-refractivity contribution in [2.45, 2.75) is 38.3 Å². The Morgan fingerprint density at radius 2 is 1.87 bits per heavy atom. The summed E-state index contributed by atoms with van der Waals surface area (Å²) in [5, 5.41) is 8.88. The number of nitrogens with zero attached hydrogens (tertiary/aromatic N) is 1. The highest BCUT2D eigenvalue weighted by Gasteiger charge is 2.20. The molecule has 7 nitrogen and oxygen atoms in total. The lowest BCUT2D eigenvalue weighted by Crippen LogP contribution is -2.41. The quantitative estimate of drug-likeness (QED) is 0.443. The van der Waals surface area contributed by atoms with Gasteiger partial charge in [-0.1, -0.05) is 12.1 Å². The standard InChI is InChI=1S/C23H29FN4O3/c1-25-23(27-15-21(29)28-18-12-10-17(24)11-13-18)26-14-16-6-5-9-20(30-2)22(16)31-19-7-3-4-8-19/h5-6,9-13,19H,3-4,7-8,14-15H2,1-2H3,(H,28,29)(H2,25,26,27). The molecule has 0 heterocycles. The third-order valence-corrected chi connectivity index (χ3v) is 5.08. The minimum absolute atomic E-state index is 0.0145. The predicted octanol–water partition coefficient (Wildman–Crippen LogP) is 3.46. The van der Waals surface area contributed by atoms with Gasteiger partial charge >= 0.3 is 0 Å². The first-order chi connectivity index (χ1) is 15.1. The Kier molecular flexibility index (Phi) is 8.09. The Morgan fingerprint density at radius 1 is 1.13 bits per heavy atom. The number of carbonyl (C=O) groups excluding carboxylic acids is 1. The zero-order chi connectivity index (χ0) is 22.1. The Hall–Kier alpha value is -3.29. The van der Waals surface area contributed by atoms with Crippen molar-refractivity contribution >= 4 is 17.6 Å². The molecular formula is C23H29FN4O3. The van der Waals surface area contributed by atoms with Crippen molar-refractivity contribution in [2.24, 2.45) is 4.99 Å². The molecule has 2 aromatic rings. The zero-order valence-electron chi connectivity index (χ0n) is 17.9. The van der Waals surface area contributed by atoms with E-state index >= 15 is 0 Å². The van der Waals surface area contributed by atoms with Gasteiger partial charge in [0, 0.05) is 24.8 Å². The third kappa shape index (κ3) is 6.60. The average Bonchev–Trinajstić information content (AvgIpc) is 3.29. The lowest BCUT2D eigenvalue weighted by molar-refractivity contribution is -0.115. The summed E-state index contributed by atoms with van der Waals surface area (Å²) in [6.45, 7) is 0.471. The van der Waals surface area contributed by atoms with E-state index in [0.717, 1.165) is 24.2 Å². The second-order valence-electron chi connectivity index (χ2n) is 7.31. The molecule has 0 atom stereocenters. The molecule has 0 saturated heterocycles. The molecule has 31 heavy (non-hydrogen) atoms. The van der Waals surface area contributed by atoms with Crippen molar-refractivity contribution in [1.82, 2.24) is 10.6 Å². The molecule has 0 spiro atoms. The van der Waals surface area contributed by atoms with Crippen molar-refractivity contribution < 1.29 is 18.7 Å². The lowest BCUT2D eigenvalue weighted by atomic mass is 10.1. The summed E-state index contributed by atoms with van der Waals surface area (Å²) < 4.78 is 24.7. The summed E-state index contributed by atoms with van der Waals surface area (Å²) >= 11 is 0. The van der Waals surface area contributed by atoms with E-state index in [1.807, 2.05) is 18.2 Å². The number of methoxy groups -OCH3 is 1.